The second-order valence-electron chi connectivity index (χ2n) is 9.45. The van der Waals surface area contributed by atoms with Gasteiger partial charge in [0.15, 0.2) is 5.58 Å². The number of piperazine rings is 1. The summed E-state index contributed by atoms with van der Waals surface area (Å²) in [6, 6.07) is 12.8. The molecule has 2 aliphatic heterocycles. The molecule has 0 saturated carbocycles. The van der Waals surface area contributed by atoms with Crippen molar-refractivity contribution < 1.29 is 13.6 Å². The van der Waals surface area contributed by atoms with E-state index < -0.39 is 5.67 Å². The van der Waals surface area contributed by atoms with Gasteiger partial charge in [0.05, 0.1) is 17.4 Å². The summed E-state index contributed by atoms with van der Waals surface area (Å²) in [5.41, 5.74) is 0.889. The number of halogens is 1. The molecule has 1 amide bonds. The Kier molecular flexibility index (Phi) is 4.98. The molecule has 1 atom stereocenters. The van der Waals surface area contributed by atoms with Gasteiger partial charge < -0.3 is 19.1 Å². The SMILES string of the molecule is CC1(F)CCN(c2nc3ccc(C(=O)N4CCN(c5nc6ccccc6c(=O)[nH]5)CC4)cc3o2)C1. The predicted octanol–water partition coefficient (Wildman–Crippen LogP) is 2.97. The maximum atomic E-state index is 14.2. The summed E-state index contributed by atoms with van der Waals surface area (Å²) in [5.74, 6) is 0.421. The third-order valence-corrected chi connectivity index (χ3v) is 6.78. The first kappa shape index (κ1) is 21.6. The quantitative estimate of drug-likeness (QED) is 0.485. The van der Waals surface area contributed by atoms with E-state index in [-0.39, 0.29) is 18.0 Å². The van der Waals surface area contributed by atoms with E-state index in [2.05, 4.69) is 15.0 Å². The Hall–Kier alpha value is -3.95. The molecule has 0 bridgehead atoms. The van der Waals surface area contributed by atoms with E-state index in [4.69, 9.17) is 4.42 Å². The van der Waals surface area contributed by atoms with Crippen molar-refractivity contribution in [2.45, 2.75) is 19.0 Å². The van der Waals surface area contributed by atoms with E-state index >= 15 is 0 Å². The number of amides is 1. The maximum absolute atomic E-state index is 14.2. The van der Waals surface area contributed by atoms with Gasteiger partial charge in [0.2, 0.25) is 5.95 Å². The number of hydrogen-bond acceptors (Lipinski definition) is 7. The summed E-state index contributed by atoms with van der Waals surface area (Å²) in [5, 5.41) is 0.555. The first-order valence-corrected chi connectivity index (χ1v) is 11.7. The van der Waals surface area contributed by atoms with Gasteiger partial charge in [-0.3, -0.25) is 14.6 Å². The summed E-state index contributed by atoms with van der Waals surface area (Å²) in [6.07, 6.45) is 0.435. The minimum absolute atomic E-state index is 0.0954. The molecule has 2 aromatic carbocycles. The van der Waals surface area contributed by atoms with Crippen molar-refractivity contribution in [1.82, 2.24) is 19.9 Å². The molecule has 35 heavy (non-hydrogen) atoms. The lowest BCUT2D eigenvalue weighted by atomic mass is 10.1. The zero-order valence-corrected chi connectivity index (χ0v) is 19.3. The number of carbonyl (C=O) groups is 1. The summed E-state index contributed by atoms with van der Waals surface area (Å²) in [4.78, 5) is 43.1. The number of nitrogens with one attached hydrogen (secondary N) is 1. The third kappa shape index (κ3) is 3.98. The lowest BCUT2D eigenvalue weighted by Gasteiger charge is -2.35. The van der Waals surface area contributed by atoms with Crippen LogP contribution in [-0.4, -0.2) is 70.7 Å². The van der Waals surface area contributed by atoms with E-state index in [9.17, 15) is 14.0 Å². The predicted molar refractivity (Wildman–Crippen MR) is 131 cm³/mol. The topological polar surface area (TPSA) is 98.6 Å². The van der Waals surface area contributed by atoms with Gasteiger partial charge in [-0.25, -0.2) is 9.37 Å². The van der Waals surface area contributed by atoms with E-state index in [1.165, 1.54) is 0 Å². The second-order valence-corrected chi connectivity index (χ2v) is 9.45. The van der Waals surface area contributed by atoms with Crippen molar-refractivity contribution in [3.8, 4) is 0 Å². The van der Waals surface area contributed by atoms with Crippen molar-refractivity contribution in [3.63, 3.8) is 0 Å². The molecule has 1 N–H and O–H groups in total. The van der Waals surface area contributed by atoms with E-state index in [1.54, 1.807) is 41.0 Å². The smallest absolute Gasteiger partial charge is 0.298 e. The van der Waals surface area contributed by atoms with Crippen molar-refractivity contribution in [2.75, 3.05) is 49.1 Å². The molecule has 2 aromatic heterocycles. The van der Waals surface area contributed by atoms with Crippen LogP contribution in [0.3, 0.4) is 0 Å². The van der Waals surface area contributed by atoms with Crippen molar-refractivity contribution in [2.24, 2.45) is 0 Å². The van der Waals surface area contributed by atoms with Crippen molar-refractivity contribution >= 4 is 39.9 Å². The number of nitrogens with zero attached hydrogens (tertiary/aromatic N) is 5. The van der Waals surface area contributed by atoms with Gasteiger partial charge >= 0.3 is 0 Å². The zero-order chi connectivity index (χ0) is 24.2. The number of aromatic amines is 1. The van der Waals surface area contributed by atoms with Crippen LogP contribution in [0.5, 0.6) is 0 Å². The van der Waals surface area contributed by atoms with Gasteiger partial charge in [0.1, 0.15) is 11.2 Å². The van der Waals surface area contributed by atoms with E-state index in [0.717, 1.165) is 0 Å². The van der Waals surface area contributed by atoms with Crippen LogP contribution in [0.4, 0.5) is 16.4 Å². The maximum Gasteiger partial charge on any atom is 0.298 e. The highest BCUT2D eigenvalue weighted by molar-refractivity contribution is 5.97. The Balaban J connectivity index is 1.16. The molecule has 180 valence electrons. The molecule has 1 unspecified atom stereocenters. The third-order valence-electron chi connectivity index (χ3n) is 6.78. The minimum Gasteiger partial charge on any atom is -0.423 e. The van der Waals surface area contributed by atoms with Gasteiger partial charge in [-0.05, 0) is 37.3 Å². The standard InChI is InChI=1S/C25H25FN6O3/c1-25(26)8-9-32(15-25)24-28-19-7-6-16(14-20(19)35-24)22(34)30-10-12-31(13-11-30)23-27-18-5-3-2-4-17(18)21(33)29-23/h2-7,14H,8-13,15H2,1H3,(H,27,29,33). The van der Waals surface area contributed by atoms with Gasteiger partial charge in [-0.15, -0.1) is 0 Å². The summed E-state index contributed by atoms with van der Waals surface area (Å²) in [7, 11) is 0. The highest BCUT2D eigenvalue weighted by Gasteiger charge is 2.35. The highest BCUT2D eigenvalue weighted by Crippen LogP contribution is 2.31. The van der Waals surface area contributed by atoms with Crippen LogP contribution in [0.15, 0.2) is 51.7 Å². The van der Waals surface area contributed by atoms with Crippen molar-refractivity contribution in [1.29, 1.82) is 0 Å². The van der Waals surface area contributed by atoms with Crippen LogP contribution < -0.4 is 15.4 Å². The van der Waals surface area contributed by atoms with Gasteiger partial charge in [0.25, 0.3) is 17.5 Å². The Morgan fingerprint density at radius 2 is 1.83 bits per heavy atom. The number of H-pyrrole nitrogens is 1. The number of anilines is 2. The molecule has 6 rings (SSSR count). The number of para-hydroxylation sites is 1. The molecular weight excluding hydrogens is 451 g/mol. The lowest BCUT2D eigenvalue weighted by molar-refractivity contribution is 0.0746. The number of aromatic nitrogens is 3. The zero-order valence-electron chi connectivity index (χ0n) is 19.3. The Morgan fingerprint density at radius 1 is 1.03 bits per heavy atom. The Labute approximate surface area is 200 Å². The molecule has 10 heteroatoms. The number of oxazole rings is 1. The van der Waals surface area contributed by atoms with Crippen LogP contribution in [0.2, 0.25) is 0 Å². The molecule has 2 fully saturated rings. The summed E-state index contributed by atoms with van der Waals surface area (Å²) < 4.78 is 20.1. The fourth-order valence-corrected chi connectivity index (χ4v) is 4.80. The van der Waals surface area contributed by atoms with Gasteiger partial charge in [0, 0.05) is 44.7 Å². The summed E-state index contributed by atoms with van der Waals surface area (Å²) >= 11 is 0. The fraction of sp³-hybridized carbons (Fsp3) is 0.360. The van der Waals surface area contributed by atoms with Crippen LogP contribution in [0.25, 0.3) is 22.0 Å². The average molecular weight is 477 g/mol. The molecule has 4 aromatic rings. The molecule has 2 aliphatic rings. The monoisotopic (exact) mass is 476 g/mol. The number of hydrogen-bond donors (Lipinski definition) is 1. The largest absolute Gasteiger partial charge is 0.423 e. The molecule has 0 aliphatic carbocycles. The second kappa shape index (κ2) is 8.07. The number of benzene rings is 2. The first-order chi connectivity index (χ1) is 16.9. The molecule has 9 nitrogen and oxygen atoms in total. The molecular formula is C25H25FN6O3. The molecule has 4 heterocycles. The molecule has 2 saturated heterocycles. The number of alkyl halides is 1. The summed E-state index contributed by atoms with van der Waals surface area (Å²) in [6.45, 7) is 4.48. The number of carbonyl (C=O) groups excluding carboxylic acids is 1. The molecule has 0 spiro atoms. The van der Waals surface area contributed by atoms with Gasteiger partial charge in [-0.1, -0.05) is 12.1 Å². The van der Waals surface area contributed by atoms with E-state index in [1.807, 2.05) is 23.1 Å². The number of fused-ring (bicyclic) bond motifs is 2. The van der Waals surface area contributed by atoms with E-state index in [0.29, 0.717) is 78.7 Å². The molecule has 0 radical (unpaired) electrons. The van der Waals surface area contributed by atoms with Crippen LogP contribution >= 0.6 is 0 Å². The van der Waals surface area contributed by atoms with Crippen molar-refractivity contribution in [3.05, 3.63) is 58.4 Å². The fourth-order valence-electron chi connectivity index (χ4n) is 4.80. The average Bonchev–Trinajstić information content (AvgIpc) is 3.46. The van der Waals surface area contributed by atoms with Crippen LogP contribution in [-0.2, 0) is 0 Å². The Bertz CT molecular complexity index is 1490. The highest BCUT2D eigenvalue weighted by atomic mass is 19.1. The minimum atomic E-state index is -1.25. The normalized spacial score (nSPS) is 20.8. The first-order valence-electron chi connectivity index (χ1n) is 11.7. The van der Waals surface area contributed by atoms with Gasteiger partial charge in [-0.2, -0.15) is 4.98 Å². The lowest BCUT2D eigenvalue weighted by Crippen LogP contribution is -2.49. The Morgan fingerprint density at radius 3 is 2.60 bits per heavy atom. The van der Waals surface area contributed by atoms with Crippen LogP contribution in [0.1, 0.15) is 23.7 Å². The number of rotatable bonds is 3. The van der Waals surface area contributed by atoms with Crippen LogP contribution in [0, 0.1) is 0 Å².